The Labute approximate surface area is 247 Å². The van der Waals surface area contributed by atoms with Crippen molar-refractivity contribution in [2.45, 2.75) is 83.4 Å². The summed E-state index contributed by atoms with van der Waals surface area (Å²) in [5.41, 5.74) is 5.73. The van der Waals surface area contributed by atoms with E-state index in [0.29, 0.717) is 23.4 Å². The Bertz CT molecular complexity index is 1450. The molecule has 222 valence electrons. The van der Waals surface area contributed by atoms with Crippen LogP contribution < -0.4 is 9.47 Å². The largest absolute Gasteiger partial charge is 0.485 e. The molecule has 6 nitrogen and oxygen atoms in total. The second-order valence-electron chi connectivity index (χ2n) is 12.3. The van der Waals surface area contributed by atoms with Crippen LogP contribution in [0.4, 0.5) is 4.39 Å². The molecule has 1 unspecified atom stereocenters. The zero-order valence-corrected chi connectivity index (χ0v) is 24.8. The van der Waals surface area contributed by atoms with E-state index >= 15 is 4.39 Å². The van der Waals surface area contributed by atoms with Gasteiger partial charge in [-0.1, -0.05) is 44.2 Å². The van der Waals surface area contributed by atoms with Crippen LogP contribution in [0.25, 0.3) is 11.1 Å². The SMILES string of the molecule is CCC1CCCN1Cc1cc([C@@H]2CCc3ccc([C@H](C4CC4)[C@H](C)C(=O)O)cc3O2)ccc1-c1cc(OC)ncc1F. The first-order chi connectivity index (χ1) is 20.4. The summed E-state index contributed by atoms with van der Waals surface area (Å²) < 4.78 is 27.1. The normalized spacial score (nSPS) is 21.8. The topological polar surface area (TPSA) is 71.9 Å². The van der Waals surface area contributed by atoms with E-state index in [1.54, 1.807) is 13.2 Å². The van der Waals surface area contributed by atoms with E-state index < -0.39 is 11.9 Å². The molecule has 6 rings (SSSR count). The van der Waals surface area contributed by atoms with Crippen LogP contribution in [0.2, 0.25) is 0 Å². The van der Waals surface area contributed by atoms with Crippen LogP contribution in [-0.2, 0) is 17.8 Å². The molecule has 2 fully saturated rings. The van der Waals surface area contributed by atoms with Gasteiger partial charge in [-0.15, -0.1) is 0 Å². The number of carboxylic acid groups (broad SMARTS) is 1. The fraction of sp³-hybridized carbons (Fsp3) is 0.486. The fourth-order valence-electron chi connectivity index (χ4n) is 7.14. The van der Waals surface area contributed by atoms with Crippen LogP contribution in [0.1, 0.15) is 86.6 Å². The highest BCUT2D eigenvalue weighted by Gasteiger charge is 2.39. The number of halogens is 1. The highest BCUT2D eigenvalue weighted by molar-refractivity contribution is 5.71. The van der Waals surface area contributed by atoms with Crippen molar-refractivity contribution in [2.24, 2.45) is 11.8 Å². The van der Waals surface area contributed by atoms with Gasteiger partial charge in [-0.25, -0.2) is 9.37 Å². The second kappa shape index (κ2) is 12.0. The van der Waals surface area contributed by atoms with Crippen molar-refractivity contribution in [1.29, 1.82) is 0 Å². The van der Waals surface area contributed by atoms with E-state index in [4.69, 9.17) is 9.47 Å². The van der Waals surface area contributed by atoms with Crippen molar-refractivity contribution in [1.82, 2.24) is 9.88 Å². The van der Waals surface area contributed by atoms with Crippen LogP contribution in [0, 0.1) is 17.7 Å². The van der Waals surface area contributed by atoms with Gasteiger partial charge >= 0.3 is 5.97 Å². The molecule has 1 saturated carbocycles. The molecule has 0 amide bonds. The first-order valence-corrected chi connectivity index (χ1v) is 15.4. The molecule has 0 spiro atoms. The lowest BCUT2D eigenvalue weighted by Crippen LogP contribution is -2.28. The van der Waals surface area contributed by atoms with Gasteiger partial charge in [0, 0.05) is 24.2 Å². The molecular formula is C35H41FN2O4. The summed E-state index contributed by atoms with van der Waals surface area (Å²) in [6, 6.07) is 14.8. The molecule has 1 saturated heterocycles. The third-order valence-corrected chi connectivity index (χ3v) is 9.65. The summed E-state index contributed by atoms with van der Waals surface area (Å²) in [4.78, 5) is 18.5. The Kier molecular flexibility index (Phi) is 8.22. The number of rotatable bonds is 10. The minimum absolute atomic E-state index is 0.00175. The van der Waals surface area contributed by atoms with Crippen LogP contribution in [0.5, 0.6) is 11.6 Å². The quantitative estimate of drug-likeness (QED) is 0.270. The van der Waals surface area contributed by atoms with Crippen molar-refractivity contribution >= 4 is 5.97 Å². The van der Waals surface area contributed by atoms with E-state index in [2.05, 4.69) is 47.1 Å². The number of hydrogen-bond donors (Lipinski definition) is 1. The number of aryl methyl sites for hydroxylation is 1. The van der Waals surface area contributed by atoms with Crippen molar-refractivity contribution in [3.05, 3.63) is 76.7 Å². The van der Waals surface area contributed by atoms with E-state index in [1.807, 2.05) is 13.0 Å². The minimum Gasteiger partial charge on any atom is -0.485 e. The zero-order chi connectivity index (χ0) is 29.4. The van der Waals surface area contributed by atoms with E-state index in [9.17, 15) is 9.90 Å². The van der Waals surface area contributed by atoms with Crippen molar-refractivity contribution < 1.29 is 23.8 Å². The number of methoxy groups -OCH3 is 1. The number of nitrogens with zero attached hydrogens (tertiary/aromatic N) is 2. The Morgan fingerprint density at radius 3 is 2.71 bits per heavy atom. The van der Waals surface area contributed by atoms with E-state index in [1.165, 1.54) is 19.0 Å². The Hall–Kier alpha value is -3.45. The second-order valence-corrected chi connectivity index (χ2v) is 12.3. The smallest absolute Gasteiger partial charge is 0.306 e. The highest BCUT2D eigenvalue weighted by atomic mass is 19.1. The average molecular weight is 573 g/mol. The standard InChI is InChI=1S/C35H41FN2O4/c1-4-27-6-5-15-38(27)20-26-16-24(11-13-28(26)29-18-33(41-3)37-19-30(29)36)31-14-12-22-7-10-25(17-32(22)42-31)34(23-8-9-23)21(2)35(39)40/h7,10-11,13,16-19,21,23,27,31,34H,4-6,8-9,12,14-15,20H2,1-3H3,(H,39,40)/t21-,27?,31-,34-/m0/s1. The van der Waals surface area contributed by atoms with Crippen LogP contribution >= 0.6 is 0 Å². The summed E-state index contributed by atoms with van der Waals surface area (Å²) in [5, 5.41) is 9.76. The summed E-state index contributed by atoms with van der Waals surface area (Å²) in [6.07, 6.45) is 8.47. The van der Waals surface area contributed by atoms with Gasteiger partial charge in [-0.05, 0) is 97.2 Å². The molecule has 0 radical (unpaired) electrons. The maximum absolute atomic E-state index is 15.1. The van der Waals surface area contributed by atoms with Gasteiger partial charge in [0.15, 0.2) is 0 Å². The van der Waals surface area contributed by atoms with E-state index in [-0.39, 0.29) is 17.8 Å². The number of ether oxygens (including phenoxy) is 2. The number of aromatic nitrogens is 1. The van der Waals surface area contributed by atoms with Crippen LogP contribution in [-0.4, -0.2) is 40.7 Å². The molecule has 1 N–H and O–H groups in total. The molecule has 1 aliphatic carbocycles. The lowest BCUT2D eigenvalue weighted by Gasteiger charge is -2.30. The predicted octanol–water partition coefficient (Wildman–Crippen LogP) is 7.55. The van der Waals surface area contributed by atoms with Crippen LogP contribution in [0.15, 0.2) is 48.7 Å². The maximum Gasteiger partial charge on any atom is 0.306 e. The molecule has 2 aliphatic heterocycles. The van der Waals surface area contributed by atoms with Crippen molar-refractivity contribution in [2.75, 3.05) is 13.7 Å². The first kappa shape index (κ1) is 28.7. The van der Waals surface area contributed by atoms with Gasteiger partial charge in [-0.3, -0.25) is 9.69 Å². The van der Waals surface area contributed by atoms with Gasteiger partial charge in [0.1, 0.15) is 17.7 Å². The summed E-state index contributed by atoms with van der Waals surface area (Å²) >= 11 is 0. The maximum atomic E-state index is 15.1. The molecule has 42 heavy (non-hydrogen) atoms. The molecule has 1 aromatic heterocycles. The monoisotopic (exact) mass is 572 g/mol. The predicted molar refractivity (Wildman–Crippen MR) is 160 cm³/mol. The summed E-state index contributed by atoms with van der Waals surface area (Å²) in [5.74, 6) is 0.119. The molecule has 3 heterocycles. The van der Waals surface area contributed by atoms with E-state index in [0.717, 1.165) is 78.8 Å². The highest BCUT2D eigenvalue weighted by Crippen LogP contribution is 2.48. The third kappa shape index (κ3) is 5.76. The Morgan fingerprint density at radius 2 is 1.98 bits per heavy atom. The number of carbonyl (C=O) groups is 1. The van der Waals surface area contributed by atoms with Gasteiger partial charge in [0.05, 0.1) is 19.2 Å². The molecule has 3 aromatic rings. The number of hydrogen-bond acceptors (Lipinski definition) is 5. The van der Waals surface area contributed by atoms with Gasteiger partial charge < -0.3 is 14.6 Å². The number of likely N-dealkylation sites (tertiary alicyclic amines) is 1. The molecule has 4 atom stereocenters. The number of fused-ring (bicyclic) bond motifs is 1. The lowest BCUT2D eigenvalue weighted by atomic mass is 9.82. The lowest BCUT2D eigenvalue weighted by molar-refractivity contribution is -0.142. The third-order valence-electron chi connectivity index (χ3n) is 9.65. The zero-order valence-electron chi connectivity index (χ0n) is 24.8. The number of pyridine rings is 1. The number of carboxylic acids is 1. The van der Waals surface area contributed by atoms with Gasteiger partial charge in [0.25, 0.3) is 0 Å². The number of benzene rings is 2. The minimum atomic E-state index is -0.748. The summed E-state index contributed by atoms with van der Waals surface area (Å²) in [6.45, 7) is 5.84. The van der Waals surface area contributed by atoms with Gasteiger partial charge in [0.2, 0.25) is 5.88 Å². The average Bonchev–Trinajstić information content (AvgIpc) is 3.74. The molecule has 2 aromatic carbocycles. The molecule has 3 aliphatic rings. The Balaban J connectivity index is 1.33. The molecule has 7 heteroatoms. The number of aliphatic carboxylic acids is 1. The molecule has 0 bridgehead atoms. The fourth-order valence-corrected chi connectivity index (χ4v) is 7.14. The summed E-state index contributed by atoms with van der Waals surface area (Å²) in [7, 11) is 1.54. The Morgan fingerprint density at radius 1 is 1.14 bits per heavy atom. The van der Waals surface area contributed by atoms with Crippen molar-refractivity contribution in [3.63, 3.8) is 0 Å². The molecular weight excluding hydrogens is 531 g/mol. The van der Waals surface area contributed by atoms with Gasteiger partial charge in [-0.2, -0.15) is 0 Å². The van der Waals surface area contributed by atoms with Crippen molar-refractivity contribution in [3.8, 4) is 22.8 Å². The first-order valence-electron chi connectivity index (χ1n) is 15.4. The van der Waals surface area contributed by atoms with Crippen LogP contribution in [0.3, 0.4) is 0 Å².